The van der Waals surface area contributed by atoms with E-state index in [1.807, 2.05) is 12.1 Å². The summed E-state index contributed by atoms with van der Waals surface area (Å²) < 4.78 is 0. The molecule has 2 nitrogen and oxygen atoms in total. The Morgan fingerprint density at radius 3 is 2.50 bits per heavy atom. The number of aryl methyl sites for hydroxylation is 1. The summed E-state index contributed by atoms with van der Waals surface area (Å²) in [4.78, 5) is 2.31. The highest BCUT2D eigenvalue weighted by molar-refractivity contribution is 5.39. The summed E-state index contributed by atoms with van der Waals surface area (Å²) in [5, 5.41) is 0. The van der Waals surface area contributed by atoms with Crippen LogP contribution in [-0.4, -0.2) is 25.0 Å². The molecule has 0 heterocycles. The topological polar surface area (TPSA) is 29.3 Å². The Morgan fingerprint density at radius 2 is 1.94 bits per heavy atom. The fraction of sp³-hybridized carbons (Fsp3) is 0.429. The van der Waals surface area contributed by atoms with E-state index in [1.54, 1.807) is 0 Å². The van der Waals surface area contributed by atoms with Crippen molar-refractivity contribution in [2.24, 2.45) is 0 Å². The predicted octanol–water partition coefficient (Wildman–Crippen LogP) is 2.71. The van der Waals surface area contributed by atoms with Gasteiger partial charge in [-0.1, -0.05) is 24.3 Å². The zero-order valence-corrected chi connectivity index (χ0v) is 10.4. The van der Waals surface area contributed by atoms with Crippen molar-refractivity contribution < 1.29 is 0 Å². The van der Waals surface area contributed by atoms with Crippen LogP contribution in [0.5, 0.6) is 0 Å². The van der Waals surface area contributed by atoms with Crippen LogP contribution in [-0.2, 0) is 6.42 Å². The van der Waals surface area contributed by atoms with Gasteiger partial charge >= 0.3 is 0 Å². The van der Waals surface area contributed by atoms with Gasteiger partial charge in [0.25, 0.3) is 0 Å². The van der Waals surface area contributed by atoms with Crippen LogP contribution in [0.2, 0.25) is 0 Å². The summed E-state index contributed by atoms with van der Waals surface area (Å²) in [6.45, 7) is 8.08. The summed E-state index contributed by atoms with van der Waals surface area (Å²) in [6, 6.07) is 8.14. The van der Waals surface area contributed by atoms with Gasteiger partial charge in [0.15, 0.2) is 0 Å². The third-order valence-corrected chi connectivity index (χ3v) is 2.52. The van der Waals surface area contributed by atoms with Gasteiger partial charge in [0.1, 0.15) is 0 Å². The summed E-state index contributed by atoms with van der Waals surface area (Å²) in [7, 11) is 2.14. The van der Waals surface area contributed by atoms with Gasteiger partial charge in [-0.05, 0) is 51.1 Å². The van der Waals surface area contributed by atoms with E-state index in [9.17, 15) is 0 Å². The van der Waals surface area contributed by atoms with Crippen molar-refractivity contribution in [3.63, 3.8) is 0 Å². The fourth-order valence-electron chi connectivity index (χ4n) is 1.78. The van der Waals surface area contributed by atoms with Crippen LogP contribution < -0.4 is 5.73 Å². The predicted molar refractivity (Wildman–Crippen MR) is 71.5 cm³/mol. The van der Waals surface area contributed by atoms with Gasteiger partial charge in [-0.3, -0.25) is 0 Å². The maximum atomic E-state index is 5.64. The maximum absolute atomic E-state index is 5.64. The summed E-state index contributed by atoms with van der Waals surface area (Å²) in [6.07, 6.45) is 2.29. The molecule has 2 heteroatoms. The normalized spacial score (nSPS) is 10.7. The Kier molecular flexibility index (Phi) is 5.06. The monoisotopic (exact) mass is 218 g/mol. The minimum atomic E-state index is 0.836. The molecule has 0 unspecified atom stereocenters. The van der Waals surface area contributed by atoms with Crippen molar-refractivity contribution in [1.29, 1.82) is 0 Å². The van der Waals surface area contributed by atoms with Gasteiger partial charge in [0, 0.05) is 12.2 Å². The van der Waals surface area contributed by atoms with Crippen LogP contribution in [0.4, 0.5) is 5.69 Å². The lowest BCUT2D eigenvalue weighted by Gasteiger charge is -2.16. The SMILES string of the molecule is C=C(C)CN(C)CCCc1ccc(N)cc1. The van der Waals surface area contributed by atoms with Crippen molar-refractivity contribution in [1.82, 2.24) is 4.90 Å². The van der Waals surface area contributed by atoms with Gasteiger partial charge in [-0.2, -0.15) is 0 Å². The quantitative estimate of drug-likeness (QED) is 0.587. The molecule has 0 saturated carbocycles. The van der Waals surface area contributed by atoms with E-state index in [0.29, 0.717) is 0 Å². The molecular formula is C14H22N2. The zero-order chi connectivity index (χ0) is 12.0. The van der Waals surface area contributed by atoms with Crippen molar-refractivity contribution in [3.05, 3.63) is 42.0 Å². The molecule has 0 fully saturated rings. The molecule has 1 rings (SSSR count). The van der Waals surface area contributed by atoms with Crippen molar-refractivity contribution in [2.75, 3.05) is 25.9 Å². The minimum absolute atomic E-state index is 0.836. The van der Waals surface area contributed by atoms with Crippen LogP contribution in [0.3, 0.4) is 0 Å². The van der Waals surface area contributed by atoms with Gasteiger partial charge < -0.3 is 10.6 Å². The highest BCUT2D eigenvalue weighted by atomic mass is 15.1. The van der Waals surface area contributed by atoms with Gasteiger partial charge in [-0.15, -0.1) is 0 Å². The van der Waals surface area contributed by atoms with Crippen molar-refractivity contribution >= 4 is 5.69 Å². The molecule has 0 aliphatic carbocycles. The number of likely N-dealkylation sites (N-methyl/N-ethyl adjacent to an activating group) is 1. The lowest BCUT2D eigenvalue weighted by molar-refractivity contribution is 0.357. The lowest BCUT2D eigenvalue weighted by Crippen LogP contribution is -2.21. The van der Waals surface area contributed by atoms with Gasteiger partial charge in [-0.25, -0.2) is 0 Å². The number of nitrogen functional groups attached to an aromatic ring is 1. The van der Waals surface area contributed by atoms with Crippen LogP contribution in [0.15, 0.2) is 36.4 Å². The largest absolute Gasteiger partial charge is 0.399 e. The van der Waals surface area contributed by atoms with E-state index in [0.717, 1.165) is 25.2 Å². The average Bonchev–Trinajstić information content (AvgIpc) is 2.20. The molecule has 16 heavy (non-hydrogen) atoms. The van der Waals surface area contributed by atoms with Crippen molar-refractivity contribution in [2.45, 2.75) is 19.8 Å². The molecule has 0 amide bonds. The first-order valence-electron chi connectivity index (χ1n) is 5.75. The van der Waals surface area contributed by atoms with Gasteiger partial charge in [0.05, 0.1) is 0 Å². The number of rotatable bonds is 6. The highest BCUT2D eigenvalue weighted by Crippen LogP contribution is 2.08. The minimum Gasteiger partial charge on any atom is -0.399 e. The second-order valence-electron chi connectivity index (χ2n) is 4.54. The molecule has 0 saturated heterocycles. The van der Waals surface area contributed by atoms with Crippen LogP contribution in [0.1, 0.15) is 18.9 Å². The summed E-state index contributed by atoms with van der Waals surface area (Å²) in [5.74, 6) is 0. The van der Waals surface area contributed by atoms with Gasteiger partial charge in [0.2, 0.25) is 0 Å². The molecule has 0 radical (unpaired) electrons. The zero-order valence-electron chi connectivity index (χ0n) is 10.4. The number of nitrogens with two attached hydrogens (primary N) is 1. The number of nitrogens with zero attached hydrogens (tertiary/aromatic N) is 1. The molecule has 2 N–H and O–H groups in total. The van der Waals surface area contributed by atoms with Crippen molar-refractivity contribution in [3.8, 4) is 0 Å². The Labute approximate surface area is 98.8 Å². The smallest absolute Gasteiger partial charge is 0.0314 e. The van der Waals surface area contributed by atoms with E-state index in [4.69, 9.17) is 5.73 Å². The second-order valence-corrected chi connectivity index (χ2v) is 4.54. The third kappa shape index (κ3) is 4.99. The first-order chi connectivity index (χ1) is 7.58. The Hall–Kier alpha value is -1.28. The number of benzene rings is 1. The molecule has 0 aliphatic heterocycles. The van der Waals surface area contributed by atoms with E-state index in [1.165, 1.54) is 17.6 Å². The van der Waals surface area contributed by atoms with E-state index in [-0.39, 0.29) is 0 Å². The van der Waals surface area contributed by atoms with E-state index < -0.39 is 0 Å². The molecule has 0 bridgehead atoms. The summed E-state index contributed by atoms with van der Waals surface area (Å²) >= 11 is 0. The Morgan fingerprint density at radius 1 is 1.31 bits per heavy atom. The third-order valence-electron chi connectivity index (χ3n) is 2.52. The molecule has 0 spiro atoms. The molecule has 88 valence electrons. The highest BCUT2D eigenvalue weighted by Gasteiger charge is 1.99. The standard InChI is InChI=1S/C14H22N2/c1-12(2)11-16(3)10-4-5-13-6-8-14(15)9-7-13/h6-9H,1,4-5,10-11,15H2,2-3H3. The van der Waals surface area contributed by atoms with Crippen LogP contribution in [0.25, 0.3) is 0 Å². The van der Waals surface area contributed by atoms with E-state index >= 15 is 0 Å². The molecular weight excluding hydrogens is 196 g/mol. The molecule has 0 aliphatic rings. The first-order valence-corrected chi connectivity index (χ1v) is 5.75. The Bertz CT molecular complexity index is 327. The molecule has 1 aromatic carbocycles. The van der Waals surface area contributed by atoms with E-state index in [2.05, 4.69) is 37.6 Å². The van der Waals surface area contributed by atoms with Crippen LogP contribution in [0, 0.1) is 0 Å². The first kappa shape index (κ1) is 12.8. The lowest BCUT2D eigenvalue weighted by atomic mass is 10.1. The number of anilines is 1. The molecule has 0 atom stereocenters. The molecule has 0 aromatic heterocycles. The Balaban J connectivity index is 2.25. The second kappa shape index (κ2) is 6.33. The average molecular weight is 218 g/mol. The fourth-order valence-corrected chi connectivity index (χ4v) is 1.78. The number of hydrogen-bond acceptors (Lipinski definition) is 2. The summed E-state index contributed by atoms with van der Waals surface area (Å²) in [5.41, 5.74) is 9.05. The number of hydrogen-bond donors (Lipinski definition) is 1. The molecule has 1 aromatic rings. The maximum Gasteiger partial charge on any atom is 0.0314 e. The van der Waals surface area contributed by atoms with Crippen LogP contribution >= 0.6 is 0 Å².